The largest absolute Gasteiger partial charge is 0.398 e. The molecule has 0 saturated carbocycles. The van der Waals surface area contributed by atoms with Gasteiger partial charge in [-0.25, -0.2) is 0 Å². The Balaban J connectivity index is 2.08. The summed E-state index contributed by atoms with van der Waals surface area (Å²) >= 11 is 0. The molecule has 0 spiro atoms. The van der Waals surface area contributed by atoms with Crippen molar-refractivity contribution in [3.8, 4) is 0 Å². The molecule has 0 bridgehead atoms. The molecule has 82 valence electrons. The first-order chi connectivity index (χ1) is 7.77. The van der Waals surface area contributed by atoms with Crippen molar-refractivity contribution in [3.05, 3.63) is 53.9 Å². The number of nitrogen functional groups attached to an aromatic ring is 1. The number of aromatic nitrogens is 1. The summed E-state index contributed by atoms with van der Waals surface area (Å²) in [4.78, 5) is 4.07. The molecule has 0 aliphatic rings. The van der Waals surface area contributed by atoms with Crippen LogP contribution >= 0.6 is 0 Å². The van der Waals surface area contributed by atoms with Crippen LogP contribution in [0.25, 0.3) is 0 Å². The van der Waals surface area contributed by atoms with E-state index in [0.717, 1.165) is 29.0 Å². The van der Waals surface area contributed by atoms with Crippen LogP contribution in [0.15, 0.2) is 42.7 Å². The van der Waals surface area contributed by atoms with E-state index < -0.39 is 0 Å². The number of hydrogen-bond acceptors (Lipinski definition) is 3. The number of benzene rings is 1. The second-order valence-corrected chi connectivity index (χ2v) is 3.73. The molecule has 0 saturated heterocycles. The van der Waals surface area contributed by atoms with Crippen LogP contribution in [0, 0.1) is 6.92 Å². The minimum atomic E-state index is 0.762. The van der Waals surface area contributed by atoms with Crippen LogP contribution in [0.2, 0.25) is 0 Å². The van der Waals surface area contributed by atoms with Crippen molar-refractivity contribution in [1.82, 2.24) is 4.98 Å². The maximum Gasteiger partial charge on any atom is 0.0416 e. The van der Waals surface area contributed by atoms with Crippen LogP contribution in [0.4, 0.5) is 11.4 Å². The lowest BCUT2D eigenvalue weighted by atomic mass is 10.1. The summed E-state index contributed by atoms with van der Waals surface area (Å²) in [6.07, 6.45) is 3.63. The standard InChI is InChI=1S/C13H15N3/c1-10-12(14)5-2-6-13(10)16-9-11-4-3-7-15-8-11/h2-8,16H,9,14H2,1H3. The van der Waals surface area contributed by atoms with Gasteiger partial charge in [-0.2, -0.15) is 0 Å². The lowest BCUT2D eigenvalue weighted by Gasteiger charge is -2.10. The predicted molar refractivity (Wildman–Crippen MR) is 67.2 cm³/mol. The molecule has 0 fully saturated rings. The fourth-order valence-corrected chi connectivity index (χ4v) is 1.54. The number of nitrogens with one attached hydrogen (secondary N) is 1. The minimum Gasteiger partial charge on any atom is -0.398 e. The molecular weight excluding hydrogens is 198 g/mol. The minimum absolute atomic E-state index is 0.762. The Morgan fingerprint density at radius 1 is 1.25 bits per heavy atom. The van der Waals surface area contributed by atoms with Gasteiger partial charge in [0.05, 0.1) is 0 Å². The maximum absolute atomic E-state index is 5.84. The molecule has 1 aromatic heterocycles. The van der Waals surface area contributed by atoms with Gasteiger partial charge in [-0.15, -0.1) is 0 Å². The highest BCUT2D eigenvalue weighted by atomic mass is 14.9. The van der Waals surface area contributed by atoms with E-state index in [1.54, 1.807) is 6.20 Å². The molecule has 16 heavy (non-hydrogen) atoms. The normalized spacial score (nSPS) is 10.1. The van der Waals surface area contributed by atoms with Gasteiger partial charge in [0, 0.05) is 30.3 Å². The van der Waals surface area contributed by atoms with Gasteiger partial charge in [-0.05, 0) is 36.2 Å². The Morgan fingerprint density at radius 3 is 2.88 bits per heavy atom. The van der Waals surface area contributed by atoms with Crippen molar-refractivity contribution < 1.29 is 0 Å². The number of anilines is 2. The molecule has 3 N–H and O–H groups in total. The molecule has 2 aromatic rings. The van der Waals surface area contributed by atoms with Crippen molar-refractivity contribution in [2.45, 2.75) is 13.5 Å². The van der Waals surface area contributed by atoms with Gasteiger partial charge in [0.2, 0.25) is 0 Å². The lowest BCUT2D eigenvalue weighted by molar-refractivity contribution is 1.11. The van der Waals surface area contributed by atoms with E-state index in [0.29, 0.717) is 0 Å². The molecule has 0 aliphatic heterocycles. The molecule has 0 radical (unpaired) electrons. The Kier molecular flexibility index (Phi) is 3.05. The van der Waals surface area contributed by atoms with Crippen LogP contribution in [0.3, 0.4) is 0 Å². The average Bonchev–Trinajstić information content (AvgIpc) is 2.32. The molecule has 0 unspecified atom stereocenters. The second-order valence-electron chi connectivity index (χ2n) is 3.73. The van der Waals surface area contributed by atoms with E-state index >= 15 is 0 Å². The van der Waals surface area contributed by atoms with E-state index in [1.807, 2.05) is 43.5 Å². The van der Waals surface area contributed by atoms with E-state index in [-0.39, 0.29) is 0 Å². The SMILES string of the molecule is Cc1c(N)cccc1NCc1cccnc1. The summed E-state index contributed by atoms with van der Waals surface area (Å²) in [6.45, 7) is 2.78. The van der Waals surface area contributed by atoms with Crippen molar-refractivity contribution >= 4 is 11.4 Å². The molecule has 1 aromatic carbocycles. The fourth-order valence-electron chi connectivity index (χ4n) is 1.54. The van der Waals surface area contributed by atoms with Gasteiger partial charge in [0.1, 0.15) is 0 Å². The highest BCUT2D eigenvalue weighted by Crippen LogP contribution is 2.20. The number of pyridine rings is 1. The molecular formula is C13H15N3. The van der Waals surface area contributed by atoms with Gasteiger partial charge < -0.3 is 11.1 Å². The third-order valence-electron chi connectivity index (χ3n) is 2.58. The average molecular weight is 213 g/mol. The van der Waals surface area contributed by atoms with Crippen molar-refractivity contribution in [2.24, 2.45) is 0 Å². The second kappa shape index (κ2) is 4.66. The molecule has 0 atom stereocenters. The van der Waals surface area contributed by atoms with E-state index in [2.05, 4.69) is 10.3 Å². The van der Waals surface area contributed by atoms with Crippen LogP contribution < -0.4 is 11.1 Å². The van der Waals surface area contributed by atoms with E-state index in [4.69, 9.17) is 5.73 Å². The summed E-state index contributed by atoms with van der Waals surface area (Å²) in [5.74, 6) is 0. The first-order valence-corrected chi connectivity index (χ1v) is 5.25. The van der Waals surface area contributed by atoms with Crippen LogP contribution in [0.5, 0.6) is 0 Å². The van der Waals surface area contributed by atoms with Crippen LogP contribution in [-0.4, -0.2) is 4.98 Å². The van der Waals surface area contributed by atoms with E-state index in [1.165, 1.54) is 0 Å². The Morgan fingerprint density at radius 2 is 2.12 bits per heavy atom. The Bertz CT molecular complexity index is 466. The predicted octanol–water partition coefficient (Wildman–Crippen LogP) is 2.58. The van der Waals surface area contributed by atoms with Gasteiger partial charge in [-0.1, -0.05) is 12.1 Å². The van der Waals surface area contributed by atoms with Gasteiger partial charge in [0.25, 0.3) is 0 Å². The van der Waals surface area contributed by atoms with Crippen molar-refractivity contribution in [2.75, 3.05) is 11.1 Å². The highest BCUT2D eigenvalue weighted by Gasteiger charge is 2.00. The zero-order chi connectivity index (χ0) is 11.4. The van der Waals surface area contributed by atoms with Crippen LogP contribution in [-0.2, 0) is 6.54 Å². The quantitative estimate of drug-likeness (QED) is 0.770. The summed E-state index contributed by atoms with van der Waals surface area (Å²) in [7, 11) is 0. The summed E-state index contributed by atoms with van der Waals surface area (Å²) in [6, 6.07) is 9.87. The molecule has 3 nitrogen and oxygen atoms in total. The van der Waals surface area contributed by atoms with Crippen molar-refractivity contribution in [3.63, 3.8) is 0 Å². The summed E-state index contributed by atoms with van der Waals surface area (Å²) in [5.41, 5.74) is 9.97. The summed E-state index contributed by atoms with van der Waals surface area (Å²) < 4.78 is 0. The zero-order valence-corrected chi connectivity index (χ0v) is 9.27. The molecule has 0 amide bonds. The first-order valence-electron chi connectivity index (χ1n) is 5.25. The third kappa shape index (κ3) is 2.31. The Labute approximate surface area is 95.3 Å². The maximum atomic E-state index is 5.84. The number of hydrogen-bond donors (Lipinski definition) is 2. The van der Waals surface area contributed by atoms with Gasteiger partial charge >= 0.3 is 0 Å². The molecule has 0 aliphatic carbocycles. The van der Waals surface area contributed by atoms with Gasteiger partial charge in [-0.3, -0.25) is 4.98 Å². The molecule has 3 heteroatoms. The number of rotatable bonds is 3. The van der Waals surface area contributed by atoms with Crippen LogP contribution in [0.1, 0.15) is 11.1 Å². The zero-order valence-electron chi connectivity index (χ0n) is 9.27. The fraction of sp³-hybridized carbons (Fsp3) is 0.154. The summed E-state index contributed by atoms with van der Waals surface area (Å²) in [5, 5.41) is 3.35. The Hall–Kier alpha value is -2.03. The first kappa shape index (κ1) is 10.5. The number of nitrogens with two attached hydrogens (primary N) is 1. The number of nitrogens with zero attached hydrogens (tertiary/aromatic N) is 1. The van der Waals surface area contributed by atoms with E-state index in [9.17, 15) is 0 Å². The molecule has 1 heterocycles. The third-order valence-corrected chi connectivity index (χ3v) is 2.58. The monoisotopic (exact) mass is 213 g/mol. The van der Waals surface area contributed by atoms with Gasteiger partial charge in [0.15, 0.2) is 0 Å². The molecule has 2 rings (SSSR count). The lowest BCUT2D eigenvalue weighted by Crippen LogP contribution is -2.02. The topological polar surface area (TPSA) is 50.9 Å². The smallest absolute Gasteiger partial charge is 0.0416 e. The highest BCUT2D eigenvalue weighted by molar-refractivity contribution is 5.62. The van der Waals surface area contributed by atoms with Crippen molar-refractivity contribution in [1.29, 1.82) is 0 Å².